The minimum Gasteiger partial charge on any atom is -0.361 e. The average molecular weight is 271 g/mol. The first-order chi connectivity index (χ1) is 9.74. The lowest BCUT2D eigenvalue weighted by molar-refractivity contribution is -0.130. The molecule has 1 amide bonds. The number of nitrogens with zero attached hydrogens (tertiary/aromatic N) is 1. The summed E-state index contributed by atoms with van der Waals surface area (Å²) in [4.78, 5) is 17.6. The monoisotopic (exact) mass is 271 g/mol. The van der Waals surface area contributed by atoms with E-state index in [-0.39, 0.29) is 11.9 Å². The molecule has 3 rings (SSSR count). The third-order valence-corrected chi connectivity index (χ3v) is 4.14. The zero-order valence-electron chi connectivity index (χ0n) is 11.6. The number of hydrogen-bond acceptors (Lipinski definition) is 2. The van der Waals surface area contributed by atoms with Gasteiger partial charge in [0.25, 0.3) is 0 Å². The van der Waals surface area contributed by atoms with E-state index in [4.69, 9.17) is 5.73 Å². The maximum Gasteiger partial charge on any atom is 0.227 e. The van der Waals surface area contributed by atoms with Crippen molar-refractivity contribution in [1.82, 2.24) is 9.88 Å². The quantitative estimate of drug-likeness (QED) is 0.878. The van der Waals surface area contributed by atoms with Gasteiger partial charge in [0, 0.05) is 36.2 Å². The lowest BCUT2D eigenvalue weighted by Crippen LogP contribution is -2.33. The van der Waals surface area contributed by atoms with Crippen LogP contribution in [0, 0.1) is 0 Å². The van der Waals surface area contributed by atoms with Gasteiger partial charge >= 0.3 is 0 Å². The van der Waals surface area contributed by atoms with E-state index in [0.29, 0.717) is 6.42 Å². The first-order valence-electron chi connectivity index (χ1n) is 7.32. The summed E-state index contributed by atoms with van der Waals surface area (Å²) in [7, 11) is 0. The molecule has 0 saturated carbocycles. The van der Waals surface area contributed by atoms with Crippen LogP contribution in [0.3, 0.4) is 0 Å². The molecule has 1 aromatic carbocycles. The highest BCUT2D eigenvalue weighted by Crippen LogP contribution is 2.19. The van der Waals surface area contributed by atoms with Crippen molar-refractivity contribution in [2.75, 3.05) is 13.1 Å². The first kappa shape index (κ1) is 13.2. The molecule has 106 valence electrons. The molecule has 1 aliphatic heterocycles. The number of H-pyrrole nitrogens is 1. The number of nitrogens with one attached hydrogen (secondary N) is 1. The molecule has 4 nitrogen and oxygen atoms in total. The summed E-state index contributed by atoms with van der Waals surface area (Å²) < 4.78 is 0. The molecular weight excluding hydrogens is 250 g/mol. The van der Waals surface area contributed by atoms with Crippen LogP contribution < -0.4 is 5.73 Å². The average Bonchev–Trinajstić information content (AvgIpc) is 2.72. The highest BCUT2D eigenvalue weighted by molar-refractivity contribution is 5.88. The summed E-state index contributed by atoms with van der Waals surface area (Å²) in [5.74, 6) is 0.212. The van der Waals surface area contributed by atoms with E-state index < -0.39 is 0 Å². The zero-order chi connectivity index (χ0) is 13.9. The van der Waals surface area contributed by atoms with Crippen molar-refractivity contribution >= 4 is 16.8 Å². The number of hydrogen-bond donors (Lipinski definition) is 2. The maximum atomic E-state index is 12.4. The van der Waals surface area contributed by atoms with Crippen molar-refractivity contribution in [2.45, 2.75) is 31.7 Å². The van der Waals surface area contributed by atoms with E-state index in [1.165, 1.54) is 0 Å². The standard InChI is InChI=1S/C16H21N3O/c17-13-4-3-8-19(9-7-13)16(20)10-12-11-18-15-6-2-1-5-14(12)15/h1-2,5-6,11,13,18H,3-4,7-10,17H2. The Morgan fingerprint density at radius 1 is 1.30 bits per heavy atom. The number of aromatic nitrogens is 1. The van der Waals surface area contributed by atoms with Crippen LogP contribution in [0.2, 0.25) is 0 Å². The molecule has 4 heteroatoms. The van der Waals surface area contributed by atoms with Crippen LogP contribution in [-0.2, 0) is 11.2 Å². The van der Waals surface area contributed by atoms with Crippen molar-refractivity contribution < 1.29 is 4.79 Å². The Labute approximate surface area is 118 Å². The van der Waals surface area contributed by atoms with Crippen molar-refractivity contribution in [1.29, 1.82) is 0 Å². The van der Waals surface area contributed by atoms with Gasteiger partial charge in [-0.1, -0.05) is 18.2 Å². The molecule has 2 aromatic rings. The number of likely N-dealkylation sites (tertiary alicyclic amines) is 1. The summed E-state index contributed by atoms with van der Waals surface area (Å²) in [6.07, 6.45) is 5.38. The minimum absolute atomic E-state index is 0.212. The number of aromatic amines is 1. The Morgan fingerprint density at radius 3 is 3.05 bits per heavy atom. The fraction of sp³-hybridized carbons (Fsp3) is 0.438. The van der Waals surface area contributed by atoms with E-state index in [0.717, 1.165) is 48.8 Å². The molecule has 3 N–H and O–H groups in total. The van der Waals surface area contributed by atoms with E-state index in [9.17, 15) is 4.79 Å². The summed E-state index contributed by atoms with van der Waals surface area (Å²) in [6, 6.07) is 8.36. The van der Waals surface area contributed by atoms with Crippen LogP contribution in [0.4, 0.5) is 0 Å². The summed E-state index contributed by atoms with van der Waals surface area (Å²) in [5.41, 5.74) is 8.14. The highest BCUT2D eigenvalue weighted by atomic mass is 16.2. The normalized spacial score (nSPS) is 20.1. The van der Waals surface area contributed by atoms with Crippen LogP contribution in [0.25, 0.3) is 10.9 Å². The van der Waals surface area contributed by atoms with Gasteiger partial charge in [-0.15, -0.1) is 0 Å². The maximum absolute atomic E-state index is 12.4. The predicted molar refractivity (Wildman–Crippen MR) is 80.4 cm³/mol. The van der Waals surface area contributed by atoms with Gasteiger partial charge in [-0.3, -0.25) is 4.79 Å². The van der Waals surface area contributed by atoms with Crippen molar-refractivity contribution in [3.63, 3.8) is 0 Å². The largest absolute Gasteiger partial charge is 0.361 e. The summed E-state index contributed by atoms with van der Waals surface area (Å²) in [6.45, 7) is 1.64. The number of para-hydroxylation sites is 1. The van der Waals surface area contributed by atoms with Gasteiger partial charge in [-0.25, -0.2) is 0 Å². The molecule has 1 fully saturated rings. The fourth-order valence-electron chi connectivity index (χ4n) is 2.92. The van der Waals surface area contributed by atoms with Crippen LogP contribution in [0.15, 0.2) is 30.5 Å². The number of carbonyl (C=O) groups is 1. The molecular formula is C16H21N3O. The third-order valence-electron chi connectivity index (χ3n) is 4.14. The van der Waals surface area contributed by atoms with Gasteiger partial charge in [0.1, 0.15) is 0 Å². The second-order valence-electron chi connectivity index (χ2n) is 5.61. The van der Waals surface area contributed by atoms with Crippen LogP contribution >= 0.6 is 0 Å². The molecule has 1 aliphatic rings. The van der Waals surface area contributed by atoms with Crippen molar-refractivity contribution in [2.24, 2.45) is 5.73 Å². The van der Waals surface area contributed by atoms with Gasteiger partial charge < -0.3 is 15.6 Å². The lowest BCUT2D eigenvalue weighted by Gasteiger charge is -2.20. The number of amides is 1. The molecule has 20 heavy (non-hydrogen) atoms. The Morgan fingerprint density at radius 2 is 2.15 bits per heavy atom. The predicted octanol–water partition coefficient (Wildman–Crippen LogP) is 2.05. The topological polar surface area (TPSA) is 62.1 Å². The van der Waals surface area contributed by atoms with E-state index in [1.54, 1.807) is 0 Å². The second kappa shape index (κ2) is 5.67. The molecule has 2 heterocycles. The van der Waals surface area contributed by atoms with Gasteiger partial charge in [0.2, 0.25) is 5.91 Å². The number of carbonyl (C=O) groups excluding carboxylic acids is 1. The van der Waals surface area contributed by atoms with E-state index in [1.807, 2.05) is 29.3 Å². The Balaban J connectivity index is 1.72. The fourth-order valence-corrected chi connectivity index (χ4v) is 2.92. The molecule has 0 bridgehead atoms. The van der Waals surface area contributed by atoms with E-state index in [2.05, 4.69) is 11.1 Å². The molecule has 0 aliphatic carbocycles. The number of benzene rings is 1. The van der Waals surface area contributed by atoms with Crippen molar-refractivity contribution in [3.05, 3.63) is 36.0 Å². The van der Waals surface area contributed by atoms with E-state index >= 15 is 0 Å². The van der Waals surface area contributed by atoms with Crippen LogP contribution in [-0.4, -0.2) is 34.9 Å². The molecule has 1 saturated heterocycles. The summed E-state index contributed by atoms with van der Waals surface area (Å²) in [5, 5.41) is 1.15. The number of fused-ring (bicyclic) bond motifs is 1. The second-order valence-corrected chi connectivity index (χ2v) is 5.61. The minimum atomic E-state index is 0.212. The smallest absolute Gasteiger partial charge is 0.227 e. The van der Waals surface area contributed by atoms with Gasteiger partial charge in [0.15, 0.2) is 0 Å². The molecule has 1 aromatic heterocycles. The Bertz CT molecular complexity index is 605. The third kappa shape index (κ3) is 2.70. The summed E-state index contributed by atoms with van der Waals surface area (Å²) >= 11 is 0. The first-order valence-corrected chi connectivity index (χ1v) is 7.32. The number of rotatable bonds is 2. The number of nitrogens with two attached hydrogens (primary N) is 1. The molecule has 0 radical (unpaired) electrons. The SMILES string of the molecule is NC1CCCN(C(=O)Cc2c[nH]c3ccccc23)CC1. The zero-order valence-corrected chi connectivity index (χ0v) is 11.6. The highest BCUT2D eigenvalue weighted by Gasteiger charge is 2.19. The molecule has 1 unspecified atom stereocenters. The Hall–Kier alpha value is -1.81. The van der Waals surface area contributed by atoms with Gasteiger partial charge in [-0.05, 0) is 30.9 Å². The Kier molecular flexibility index (Phi) is 3.74. The van der Waals surface area contributed by atoms with Crippen molar-refractivity contribution in [3.8, 4) is 0 Å². The molecule has 1 atom stereocenters. The van der Waals surface area contributed by atoms with Crippen LogP contribution in [0.5, 0.6) is 0 Å². The van der Waals surface area contributed by atoms with Gasteiger partial charge in [0.05, 0.1) is 6.42 Å². The van der Waals surface area contributed by atoms with Crippen LogP contribution in [0.1, 0.15) is 24.8 Å². The molecule has 0 spiro atoms. The lowest BCUT2D eigenvalue weighted by atomic mass is 10.1. The van der Waals surface area contributed by atoms with Gasteiger partial charge in [-0.2, -0.15) is 0 Å².